The minimum absolute atomic E-state index is 0.261. The van der Waals surface area contributed by atoms with Gasteiger partial charge in [0.1, 0.15) is 5.82 Å². The second-order valence-electron chi connectivity index (χ2n) is 3.51. The molecule has 5 nitrogen and oxygen atoms in total. The smallest absolute Gasteiger partial charge is 0.224 e. The number of nitrogens with zero attached hydrogens (tertiary/aromatic N) is 3. The zero-order chi connectivity index (χ0) is 12.5. The van der Waals surface area contributed by atoms with Crippen molar-refractivity contribution in [2.24, 2.45) is 0 Å². The molecule has 0 aromatic carbocycles. The van der Waals surface area contributed by atoms with Gasteiger partial charge >= 0.3 is 0 Å². The number of anilines is 1. The second-order valence-corrected chi connectivity index (χ2v) is 3.85. The highest BCUT2D eigenvalue weighted by atomic mass is 35.5. The number of halogens is 1. The maximum Gasteiger partial charge on any atom is 0.224 e. The molecule has 0 amide bonds. The summed E-state index contributed by atoms with van der Waals surface area (Å²) in [5.41, 5.74) is 0. The van der Waals surface area contributed by atoms with Crippen LogP contribution in [-0.2, 0) is 9.47 Å². The third-order valence-corrected chi connectivity index (χ3v) is 2.46. The first kappa shape index (κ1) is 14.2. The lowest BCUT2D eigenvalue weighted by atomic mass is 10.3. The average molecular weight is 260 g/mol. The summed E-state index contributed by atoms with van der Waals surface area (Å²) < 4.78 is 10.1. The fourth-order valence-corrected chi connectivity index (χ4v) is 1.59. The summed E-state index contributed by atoms with van der Waals surface area (Å²) in [7, 11) is 3.38. The number of aromatic nitrogens is 2. The van der Waals surface area contributed by atoms with Crippen molar-refractivity contribution in [3.63, 3.8) is 0 Å². The number of ether oxygens (including phenoxy) is 2. The predicted octanol–water partition coefficient (Wildman–Crippen LogP) is 1.62. The summed E-state index contributed by atoms with van der Waals surface area (Å²) in [6.45, 7) is 3.00. The van der Waals surface area contributed by atoms with Gasteiger partial charge in [-0.05, 0) is 24.1 Å². The zero-order valence-electron chi connectivity index (χ0n) is 10.2. The molecule has 0 saturated heterocycles. The summed E-state index contributed by atoms with van der Waals surface area (Å²) in [5, 5.41) is 0.261. The van der Waals surface area contributed by atoms with Crippen LogP contribution in [0.1, 0.15) is 6.42 Å². The van der Waals surface area contributed by atoms with Crippen molar-refractivity contribution < 1.29 is 9.47 Å². The van der Waals surface area contributed by atoms with Gasteiger partial charge in [0.2, 0.25) is 5.28 Å². The van der Waals surface area contributed by atoms with E-state index in [0.29, 0.717) is 6.61 Å². The summed E-state index contributed by atoms with van der Waals surface area (Å²) in [6, 6.07) is 1.84. The topological polar surface area (TPSA) is 47.5 Å². The molecule has 96 valence electrons. The van der Waals surface area contributed by atoms with Crippen LogP contribution in [0.5, 0.6) is 0 Å². The molecule has 0 spiro atoms. The first-order valence-electron chi connectivity index (χ1n) is 5.49. The molecule has 17 heavy (non-hydrogen) atoms. The first-order chi connectivity index (χ1) is 8.27. The zero-order valence-corrected chi connectivity index (χ0v) is 11.0. The third kappa shape index (κ3) is 5.30. The Balaban J connectivity index is 2.60. The van der Waals surface area contributed by atoms with Gasteiger partial charge in [-0.3, -0.25) is 0 Å². The second kappa shape index (κ2) is 8.22. The molecule has 0 saturated carbocycles. The predicted molar refractivity (Wildman–Crippen MR) is 67.6 cm³/mol. The molecule has 1 heterocycles. The lowest BCUT2D eigenvalue weighted by molar-refractivity contribution is 0.191. The Morgan fingerprint density at radius 3 is 2.65 bits per heavy atom. The van der Waals surface area contributed by atoms with Crippen molar-refractivity contribution in [1.29, 1.82) is 0 Å². The van der Waals surface area contributed by atoms with E-state index in [1.807, 2.05) is 6.07 Å². The van der Waals surface area contributed by atoms with Gasteiger partial charge in [-0.2, -0.15) is 0 Å². The van der Waals surface area contributed by atoms with Gasteiger partial charge < -0.3 is 14.4 Å². The Bertz CT molecular complexity index is 325. The molecule has 1 rings (SSSR count). The van der Waals surface area contributed by atoms with E-state index in [9.17, 15) is 0 Å². The van der Waals surface area contributed by atoms with Crippen molar-refractivity contribution >= 4 is 17.4 Å². The van der Waals surface area contributed by atoms with Crippen LogP contribution in [0.2, 0.25) is 5.28 Å². The van der Waals surface area contributed by atoms with Crippen LogP contribution < -0.4 is 4.90 Å². The van der Waals surface area contributed by atoms with Crippen molar-refractivity contribution in [1.82, 2.24) is 9.97 Å². The monoisotopic (exact) mass is 259 g/mol. The van der Waals surface area contributed by atoms with Gasteiger partial charge in [-0.1, -0.05) is 0 Å². The van der Waals surface area contributed by atoms with E-state index >= 15 is 0 Å². The van der Waals surface area contributed by atoms with Crippen LogP contribution in [0.15, 0.2) is 12.3 Å². The Morgan fingerprint density at radius 2 is 2.00 bits per heavy atom. The molecule has 0 aliphatic carbocycles. The molecule has 1 aromatic rings. The Morgan fingerprint density at radius 1 is 1.24 bits per heavy atom. The van der Waals surface area contributed by atoms with E-state index in [0.717, 1.165) is 31.9 Å². The molecule has 0 bridgehead atoms. The maximum atomic E-state index is 5.78. The molecule has 0 fully saturated rings. The SMILES string of the molecule is COCCCN(CCOC)c1ccnc(Cl)n1. The minimum Gasteiger partial charge on any atom is -0.385 e. The molecule has 0 radical (unpaired) electrons. The quantitative estimate of drug-likeness (QED) is 0.524. The maximum absolute atomic E-state index is 5.78. The van der Waals surface area contributed by atoms with Crippen LogP contribution in [-0.4, -0.2) is 50.5 Å². The minimum atomic E-state index is 0.261. The largest absolute Gasteiger partial charge is 0.385 e. The molecule has 0 atom stereocenters. The van der Waals surface area contributed by atoms with E-state index < -0.39 is 0 Å². The molecular weight excluding hydrogens is 242 g/mol. The van der Waals surface area contributed by atoms with Crippen LogP contribution in [0.4, 0.5) is 5.82 Å². The number of methoxy groups -OCH3 is 2. The summed E-state index contributed by atoms with van der Waals surface area (Å²) in [4.78, 5) is 10.2. The van der Waals surface area contributed by atoms with E-state index in [2.05, 4.69) is 14.9 Å². The van der Waals surface area contributed by atoms with E-state index in [1.165, 1.54) is 0 Å². The average Bonchev–Trinajstić information content (AvgIpc) is 2.33. The van der Waals surface area contributed by atoms with Gasteiger partial charge in [-0.25, -0.2) is 9.97 Å². The number of hydrogen-bond donors (Lipinski definition) is 0. The van der Waals surface area contributed by atoms with Gasteiger partial charge in [0.15, 0.2) is 0 Å². The van der Waals surface area contributed by atoms with Crippen molar-refractivity contribution in [3.8, 4) is 0 Å². The fourth-order valence-electron chi connectivity index (χ4n) is 1.44. The first-order valence-corrected chi connectivity index (χ1v) is 5.87. The standard InChI is InChI=1S/C11H18ClN3O2/c1-16-8-3-6-15(7-9-17-2)10-4-5-13-11(12)14-10/h4-5H,3,6-9H2,1-2H3. The van der Waals surface area contributed by atoms with Crippen molar-refractivity contribution in [2.75, 3.05) is 45.4 Å². The van der Waals surface area contributed by atoms with E-state index in [4.69, 9.17) is 21.1 Å². The lowest BCUT2D eigenvalue weighted by Gasteiger charge is -2.23. The van der Waals surface area contributed by atoms with Crippen molar-refractivity contribution in [2.45, 2.75) is 6.42 Å². The van der Waals surface area contributed by atoms with Crippen molar-refractivity contribution in [3.05, 3.63) is 17.5 Å². The molecule has 0 aliphatic heterocycles. The number of rotatable bonds is 8. The highest BCUT2D eigenvalue weighted by Crippen LogP contribution is 2.12. The van der Waals surface area contributed by atoms with Gasteiger partial charge in [0.25, 0.3) is 0 Å². The molecule has 1 aromatic heterocycles. The lowest BCUT2D eigenvalue weighted by Crippen LogP contribution is -2.29. The third-order valence-electron chi connectivity index (χ3n) is 2.28. The molecule has 0 aliphatic rings. The summed E-state index contributed by atoms with van der Waals surface area (Å²) in [6.07, 6.45) is 2.59. The highest BCUT2D eigenvalue weighted by molar-refractivity contribution is 6.28. The Kier molecular flexibility index (Phi) is 6.84. The highest BCUT2D eigenvalue weighted by Gasteiger charge is 2.08. The Hall–Kier alpha value is -0.910. The normalized spacial score (nSPS) is 10.5. The fraction of sp³-hybridized carbons (Fsp3) is 0.636. The van der Waals surface area contributed by atoms with Crippen LogP contribution in [0.3, 0.4) is 0 Å². The molecule has 0 N–H and O–H groups in total. The van der Waals surface area contributed by atoms with Crippen LogP contribution in [0, 0.1) is 0 Å². The molecular formula is C11H18ClN3O2. The van der Waals surface area contributed by atoms with Gasteiger partial charge in [-0.15, -0.1) is 0 Å². The molecule has 6 heteroatoms. The van der Waals surface area contributed by atoms with E-state index in [-0.39, 0.29) is 5.28 Å². The number of hydrogen-bond acceptors (Lipinski definition) is 5. The van der Waals surface area contributed by atoms with E-state index in [1.54, 1.807) is 20.4 Å². The van der Waals surface area contributed by atoms with Gasteiger partial charge in [0.05, 0.1) is 6.61 Å². The van der Waals surface area contributed by atoms with Gasteiger partial charge in [0, 0.05) is 40.1 Å². The summed E-state index contributed by atoms with van der Waals surface area (Å²) in [5.74, 6) is 0.818. The van der Waals surface area contributed by atoms with Crippen LogP contribution in [0.25, 0.3) is 0 Å². The summed E-state index contributed by atoms with van der Waals surface area (Å²) >= 11 is 5.78. The molecule has 0 unspecified atom stereocenters. The van der Waals surface area contributed by atoms with Crippen LogP contribution >= 0.6 is 11.6 Å². The Labute approximate surface area is 107 Å².